The molecule has 0 bridgehead atoms. The van der Waals surface area contributed by atoms with Crippen LogP contribution in [0.4, 0.5) is 0 Å². The van der Waals surface area contributed by atoms with Gasteiger partial charge in [-0.3, -0.25) is 4.79 Å². The molecule has 0 atom stereocenters. The number of benzene rings is 1. The van der Waals surface area contributed by atoms with Crippen LogP contribution in [0.15, 0.2) is 18.2 Å². The maximum Gasteiger partial charge on any atom is 0.225 e. The van der Waals surface area contributed by atoms with Crippen LogP contribution in [-0.2, 0) is 17.8 Å². The van der Waals surface area contributed by atoms with Crippen molar-refractivity contribution in [3.8, 4) is 5.75 Å². The molecule has 1 heterocycles. The zero-order valence-electron chi connectivity index (χ0n) is 10.8. The fourth-order valence-corrected chi connectivity index (χ4v) is 2.23. The quantitative estimate of drug-likeness (QED) is 0.833. The number of hydrogen-bond donors (Lipinski definition) is 2. The van der Waals surface area contributed by atoms with E-state index in [9.17, 15) is 15.0 Å². The largest absolute Gasteiger partial charge is 0.508 e. The molecular weight excluding hydrogens is 230 g/mol. The lowest BCUT2D eigenvalue weighted by Crippen LogP contribution is -2.39. The summed E-state index contributed by atoms with van der Waals surface area (Å²) in [6, 6.07) is 5.25. The second kappa shape index (κ2) is 4.61. The number of carbonyl (C=O) groups excluding carboxylic acids is 1. The van der Waals surface area contributed by atoms with E-state index in [0.29, 0.717) is 13.1 Å². The van der Waals surface area contributed by atoms with Crippen LogP contribution in [0.5, 0.6) is 5.75 Å². The summed E-state index contributed by atoms with van der Waals surface area (Å²) in [4.78, 5) is 13.8. The second-order valence-corrected chi connectivity index (χ2v) is 5.51. The number of rotatable bonds is 2. The molecule has 2 rings (SSSR count). The van der Waals surface area contributed by atoms with Crippen LogP contribution in [0.2, 0.25) is 0 Å². The first kappa shape index (κ1) is 12.9. The van der Waals surface area contributed by atoms with Crippen LogP contribution in [0.1, 0.15) is 31.4 Å². The molecule has 0 aliphatic carbocycles. The Kier molecular flexibility index (Phi) is 3.30. The van der Waals surface area contributed by atoms with Gasteiger partial charge in [0.15, 0.2) is 0 Å². The predicted octanol–water partition coefficient (Wildman–Crippen LogP) is 1.44. The molecule has 4 nitrogen and oxygen atoms in total. The molecule has 2 N–H and O–H groups in total. The minimum absolute atomic E-state index is 0.0266. The van der Waals surface area contributed by atoms with Crippen LogP contribution in [-0.4, -0.2) is 33.2 Å². The zero-order valence-corrected chi connectivity index (χ0v) is 10.8. The van der Waals surface area contributed by atoms with Gasteiger partial charge >= 0.3 is 0 Å². The third-order valence-electron chi connectivity index (χ3n) is 3.14. The van der Waals surface area contributed by atoms with Crippen LogP contribution in [0.25, 0.3) is 0 Å². The molecule has 0 fully saturated rings. The van der Waals surface area contributed by atoms with Crippen LogP contribution in [0.3, 0.4) is 0 Å². The standard InChI is InChI=1S/C14H19NO3/c1-14(2,18)8-13(17)15-6-5-10-7-12(16)4-3-11(10)9-15/h3-4,7,16,18H,5-6,8-9H2,1-2H3. The van der Waals surface area contributed by atoms with Gasteiger partial charge in [0.2, 0.25) is 5.91 Å². The van der Waals surface area contributed by atoms with E-state index in [0.717, 1.165) is 17.5 Å². The molecule has 1 aromatic carbocycles. The average molecular weight is 249 g/mol. The molecule has 0 saturated heterocycles. The normalized spacial score (nSPS) is 15.4. The van der Waals surface area contributed by atoms with Gasteiger partial charge < -0.3 is 15.1 Å². The fraction of sp³-hybridized carbons (Fsp3) is 0.500. The van der Waals surface area contributed by atoms with Gasteiger partial charge in [-0.2, -0.15) is 0 Å². The number of phenols is 1. The Morgan fingerprint density at radius 2 is 2.11 bits per heavy atom. The van der Waals surface area contributed by atoms with E-state index in [4.69, 9.17) is 0 Å². The van der Waals surface area contributed by atoms with Gasteiger partial charge in [0.05, 0.1) is 12.0 Å². The van der Waals surface area contributed by atoms with Crippen molar-refractivity contribution in [1.29, 1.82) is 0 Å². The highest BCUT2D eigenvalue weighted by molar-refractivity contribution is 5.77. The SMILES string of the molecule is CC(C)(O)CC(=O)N1CCc2cc(O)ccc2C1. The van der Waals surface area contributed by atoms with E-state index in [-0.39, 0.29) is 18.1 Å². The van der Waals surface area contributed by atoms with Crippen molar-refractivity contribution >= 4 is 5.91 Å². The lowest BCUT2D eigenvalue weighted by atomic mass is 9.98. The summed E-state index contributed by atoms with van der Waals surface area (Å²) in [5, 5.41) is 19.1. The first-order valence-electron chi connectivity index (χ1n) is 6.16. The summed E-state index contributed by atoms with van der Waals surface area (Å²) in [5.41, 5.74) is 1.21. The highest BCUT2D eigenvalue weighted by Gasteiger charge is 2.25. The molecule has 1 amide bonds. The summed E-state index contributed by atoms with van der Waals surface area (Å²) in [6.07, 6.45) is 0.891. The van der Waals surface area contributed by atoms with Gasteiger partial charge in [-0.1, -0.05) is 6.07 Å². The van der Waals surface area contributed by atoms with Crippen molar-refractivity contribution in [1.82, 2.24) is 4.90 Å². The van der Waals surface area contributed by atoms with E-state index in [1.165, 1.54) is 0 Å². The van der Waals surface area contributed by atoms with E-state index >= 15 is 0 Å². The Labute approximate surface area is 107 Å². The number of hydrogen-bond acceptors (Lipinski definition) is 3. The predicted molar refractivity (Wildman–Crippen MR) is 68.1 cm³/mol. The van der Waals surface area contributed by atoms with Crippen molar-refractivity contribution in [2.75, 3.05) is 6.54 Å². The number of aliphatic hydroxyl groups is 1. The van der Waals surface area contributed by atoms with E-state index in [2.05, 4.69) is 0 Å². The highest BCUT2D eigenvalue weighted by Crippen LogP contribution is 2.24. The Morgan fingerprint density at radius 3 is 2.78 bits per heavy atom. The van der Waals surface area contributed by atoms with Gasteiger partial charge in [-0.15, -0.1) is 0 Å². The van der Waals surface area contributed by atoms with E-state index < -0.39 is 5.60 Å². The molecule has 18 heavy (non-hydrogen) atoms. The summed E-state index contributed by atoms with van der Waals surface area (Å²) in [6.45, 7) is 4.48. The Balaban J connectivity index is 2.08. The van der Waals surface area contributed by atoms with Crippen LogP contribution >= 0.6 is 0 Å². The molecule has 0 aromatic heterocycles. The number of carbonyl (C=O) groups is 1. The maximum atomic E-state index is 12.0. The van der Waals surface area contributed by atoms with Crippen molar-refractivity contribution in [2.24, 2.45) is 0 Å². The number of phenolic OH excluding ortho intramolecular Hbond substituents is 1. The van der Waals surface area contributed by atoms with E-state index in [1.54, 1.807) is 30.9 Å². The first-order valence-corrected chi connectivity index (χ1v) is 6.16. The summed E-state index contributed by atoms with van der Waals surface area (Å²) in [7, 11) is 0. The molecule has 0 spiro atoms. The van der Waals surface area contributed by atoms with Crippen LogP contribution < -0.4 is 0 Å². The lowest BCUT2D eigenvalue weighted by molar-refractivity contribution is -0.136. The number of nitrogens with zero attached hydrogens (tertiary/aromatic N) is 1. The zero-order chi connectivity index (χ0) is 13.3. The Morgan fingerprint density at radius 1 is 1.39 bits per heavy atom. The average Bonchev–Trinajstić information content (AvgIpc) is 2.26. The molecule has 0 unspecified atom stereocenters. The third kappa shape index (κ3) is 3.01. The maximum absolute atomic E-state index is 12.0. The van der Waals surface area contributed by atoms with Crippen molar-refractivity contribution < 1.29 is 15.0 Å². The van der Waals surface area contributed by atoms with Gasteiger partial charge in [0.25, 0.3) is 0 Å². The Bertz CT molecular complexity index is 463. The van der Waals surface area contributed by atoms with Gasteiger partial charge in [-0.25, -0.2) is 0 Å². The highest BCUT2D eigenvalue weighted by atomic mass is 16.3. The van der Waals surface area contributed by atoms with Crippen molar-refractivity contribution in [3.63, 3.8) is 0 Å². The van der Waals surface area contributed by atoms with Gasteiger partial charge in [0.1, 0.15) is 5.75 Å². The van der Waals surface area contributed by atoms with Gasteiger partial charge in [-0.05, 0) is 43.5 Å². The van der Waals surface area contributed by atoms with E-state index in [1.807, 2.05) is 6.07 Å². The number of aromatic hydroxyl groups is 1. The second-order valence-electron chi connectivity index (χ2n) is 5.51. The minimum atomic E-state index is -0.966. The summed E-state index contributed by atoms with van der Waals surface area (Å²) >= 11 is 0. The fourth-order valence-electron chi connectivity index (χ4n) is 2.23. The van der Waals surface area contributed by atoms with Gasteiger partial charge in [0, 0.05) is 13.1 Å². The monoisotopic (exact) mass is 249 g/mol. The van der Waals surface area contributed by atoms with Crippen molar-refractivity contribution in [2.45, 2.75) is 38.8 Å². The van der Waals surface area contributed by atoms with Crippen molar-refractivity contribution in [3.05, 3.63) is 29.3 Å². The molecule has 98 valence electrons. The minimum Gasteiger partial charge on any atom is -0.508 e. The van der Waals surface area contributed by atoms with Crippen LogP contribution in [0, 0.1) is 0 Å². The number of amides is 1. The first-order chi connectivity index (χ1) is 8.35. The lowest BCUT2D eigenvalue weighted by Gasteiger charge is -2.30. The molecule has 1 aromatic rings. The molecule has 0 radical (unpaired) electrons. The molecule has 0 saturated carbocycles. The topological polar surface area (TPSA) is 60.8 Å². The molecular formula is C14H19NO3. The summed E-state index contributed by atoms with van der Waals surface area (Å²) in [5.74, 6) is 0.242. The molecule has 1 aliphatic rings. The third-order valence-corrected chi connectivity index (χ3v) is 3.14. The smallest absolute Gasteiger partial charge is 0.225 e. The number of fused-ring (bicyclic) bond motifs is 1. The Hall–Kier alpha value is -1.55. The molecule has 4 heteroatoms. The summed E-state index contributed by atoms with van der Waals surface area (Å²) < 4.78 is 0. The molecule has 1 aliphatic heterocycles.